The molecule has 1 saturated carbocycles. The summed E-state index contributed by atoms with van der Waals surface area (Å²) in [6, 6.07) is 3.53. The zero-order chi connectivity index (χ0) is 13.8. The summed E-state index contributed by atoms with van der Waals surface area (Å²) in [5.41, 5.74) is 0.528. The maximum absolute atomic E-state index is 12.0. The number of hydrogen-bond acceptors (Lipinski definition) is 4. The Morgan fingerprint density at radius 1 is 1.37 bits per heavy atom. The molecule has 0 N–H and O–H groups in total. The summed E-state index contributed by atoms with van der Waals surface area (Å²) >= 11 is 0. The van der Waals surface area contributed by atoms with Crippen LogP contribution in [0.2, 0.25) is 0 Å². The number of carbonyl (C=O) groups is 2. The van der Waals surface area contributed by atoms with Crippen molar-refractivity contribution in [2.24, 2.45) is 13.0 Å². The van der Waals surface area contributed by atoms with E-state index in [2.05, 4.69) is 0 Å². The molecular formula is C14H19NO4. The molecule has 0 bridgehead atoms. The Hall–Kier alpha value is -1.78. The summed E-state index contributed by atoms with van der Waals surface area (Å²) in [4.78, 5) is 23.5. The van der Waals surface area contributed by atoms with Crippen LogP contribution in [0, 0.1) is 5.92 Å². The van der Waals surface area contributed by atoms with E-state index in [1.807, 2.05) is 0 Å². The molecule has 0 aliphatic heterocycles. The maximum atomic E-state index is 12.0. The fourth-order valence-corrected chi connectivity index (χ4v) is 2.52. The minimum Gasteiger partial charge on any atom is -0.469 e. The smallest absolute Gasteiger partial charge is 0.355 e. The van der Waals surface area contributed by atoms with Crippen molar-refractivity contribution >= 4 is 11.9 Å². The van der Waals surface area contributed by atoms with Crippen molar-refractivity contribution < 1.29 is 19.1 Å². The average molecular weight is 265 g/mol. The molecule has 1 aliphatic carbocycles. The van der Waals surface area contributed by atoms with Crippen molar-refractivity contribution in [3.8, 4) is 0 Å². The van der Waals surface area contributed by atoms with E-state index in [0.717, 1.165) is 19.3 Å². The minimum atomic E-state index is -0.331. The van der Waals surface area contributed by atoms with Gasteiger partial charge in [0.1, 0.15) is 11.8 Å². The van der Waals surface area contributed by atoms with Crippen LogP contribution < -0.4 is 0 Å². The number of aryl methyl sites for hydroxylation is 1. The van der Waals surface area contributed by atoms with Crippen molar-refractivity contribution in [1.82, 2.24) is 4.57 Å². The summed E-state index contributed by atoms with van der Waals surface area (Å²) in [6.07, 6.45) is 4.66. The summed E-state index contributed by atoms with van der Waals surface area (Å²) in [5.74, 6) is -0.687. The van der Waals surface area contributed by atoms with Crippen molar-refractivity contribution in [3.63, 3.8) is 0 Å². The summed E-state index contributed by atoms with van der Waals surface area (Å²) < 4.78 is 11.9. The lowest BCUT2D eigenvalue weighted by Gasteiger charge is -2.27. The fourth-order valence-electron chi connectivity index (χ4n) is 2.52. The molecule has 0 amide bonds. The van der Waals surface area contributed by atoms with Gasteiger partial charge in [0.05, 0.1) is 13.0 Å². The number of ether oxygens (including phenoxy) is 2. The molecule has 1 heterocycles. The van der Waals surface area contributed by atoms with Crippen LogP contribution >= 0.6 is 0 Å². The van der Waals surface area contributed by atoms with Crippen molar-refractivity contribution in [2.75, 3.05) is 7.11 Å². The van der Waals surface area contributed by atoms with Gasteiger partial charge < -0.3 is 14.0 Å². The third kappa shape index (κ3) is 3.16. The van der Waals surface area contributed by atoms with Gasteiger partial charge in [0, 0.05) is 13.2 Å². The van der Waals surface area contributed by atoms with Gasteiger partial charge in [0.15, 0.2) is 0 Å². The maximum Gasteiger partial charge on any atom is 0.355 e. The second-order valence-corrected chi connectivity index (χ2v) is 4.92. The van der Waals surface area contributed by atoms with E-state index in [9.17, 15) is 9.59 Å². The summed E-state index contributed by atoms with van der Waals surface area (Å²) in [6.45, 7) is 0. The molecule has 0 spiro atoms. The highest BCUT2D eigenvalue weighted by atomic mass is 16.5. The summed E-state index contributed by atoms with van der Waals surface area (Å²) in [5, 5.41) is 0. The molecule has 0 unspecified atom stereocenters. The van der Waals surface area contributed by atoms with Gasteiger partial charge in [-0.25, -0.2) is 4.79 Å². The van der Waals surface area contributed by atoms with Crippen LogP contribution in [0.4, 0.5) is 0 Å². The Labute approximate surface area is 112 Å². The van der Waals surface area contributed by atoms with Crippen LogP contribution in [0.5, 0.6) is 0 Å². The lowest BCUT2D eigenvalue weighted by Crippen LogP contribution is -2.30. The van der Waals surface area contributed by atoms with Gasteiger partial charge in [-0.05, 0) is 37.8 Å². The second-order valence-electron chi connectivity index (χ2n) is 4.92. The van der Waals surface area contributed by atoms with Crippen molar-refractivity contribution in [2.45, 2.75) is 31.8 Å². The monoisotopic (exact) mass is 265 g/mol. The van der Waals surface area contributed by atoms with Gasteiger partial charge in [-0.1, -0.05) is 0 Å². The van der Waals surface area contributed by atoms with E-state index < -0.39 is 0 Å². The molecule has 2 rings (SSSR count). The van der Waals surface area contributed by atoms with Gasteiger partial charge in [-0.2, -0.15) is 0 Å². The first kappa shape index (κ1) is 13.6. The zero-order valence-electron chi connectivity index (χ0n) is 11.3. The third-order valence-corrected chi connectivity index (χ3v) is 3.59. The van der Waals surface area contributed by atoms with E-state index in [-0.39, 0.29) is 24.0 Å². The van der Waals surface area contributed by atoms with Crippen molar-refractivity contribution in [1.29, 1.82) is 0 Å². The molecule has 1 aromatic heterocycles. The Balaban J connectivity index is 1.94. The normalized spacial score (nSPS) is 22.8. The molecule has 1 fully saturated rings. The fraction of sp³-hybridized carbons (Fsp3) is 0.571. The molecule has 2 atom stereocenters. The molecule has 5 nitrogen and oxygen atoms in total. The number of hydrogen-bond donors (Lipinski definition) is 0. The number of rotatable bonds is 3. The van der Waals surface area contributed by atoms with Gasteiger partial charge in [0.25, 0.3) is 0 Å². The van der Waals surface area contributed by atoms with E-state index in [1.54, 1.807) is 29.9 Å². The predicted octanol–water partition coefficient (Wildman–Crippen LogP) is 1.91. The van der Waals surface area contributed by atoms with Gasteiger partial charge >= 0.3 is 11.9 Å². The van der Waals surface area contributed by atoms with Crippen LogP contribution in [0.15, 0.2) is 18.3 Å². The van der Waals surface area contributed by atoms with E-state index >= 15 is 0 Å². The predicted molar refractivity (Wildman–Crippen MR) is 68.6 cm³/mol. The Morgan fingerprint density at radius 3 is 2.79 bits per heavy atom. The molecule has 0 saturated heterocycles. The largest absolute Gasteiger partial charge is 0.469 e. The standard InChI is InChI=1S/C14H19NO4/c1-15-8-4-7-12(15)14(17)19-11-6-3-5-10(9-11)13(16)18-2/h4,7-8,10-11H,3,5-6,9H2,1-2H3/t10-,11+/m0/s1. The number of nitrogens with zero attached hydrogens (tertiary/aromatic N) is 1. The minimum absolute atomic E-state index is 0.148. The first-order valence-electron chi connectivity index (χ1n) is 6.52. The first-order chi connectivity index (χ1) is 9.11. The molecule has 1 aromatic rings. The lowest BCUT2D eigenvalue weighted by molar-refractivity contribution is -0.148. The van der Waals surface area contributed by atoms with Crippen LogP contribution in [0.1, 0.15) is 36.2 Å². The lowest BCUT2D eigenvalue weighted by atomic mass is 9.87. The van der Waals surface area contributed by atoms with Crippen LogP contribution in [-0.4, -0.2) is 29.7 Å². The Bertz CT molecular complexity index is 466. The van der Waals surface area contributed by atoms with Crippen LogP contribution in [0.25, 0.3) is 0 Å². The van der Waals surface area contributed by atoms with E-state index in [4.69, 9.17) is 9.47 Å². The molecule has 5 heteroatoms. The van der Waals surface area contributed by atoms with Crippen LogP contribution in [-0.2, 0) is 21.3 Å². The quantitative estimate of drug-likeness (QED) is 0.783. The highest BCUT2D eigenvalue weighted by molar-refractivity contribution is 5.87. The Kier molecular flexibility index (Phi) is 4.24. The molecule has 19 heavy (non-hydrogen) atoms. The zero-order valence-corrected chi connectivity index (χ0v) is 11.3. The average Bonchev–Trinajstić information content (AvgIpc) is 2.84. The molecule has 1 aliphatic rings. The SMILES string of the molecule is COC(=O)[C@H]1CCC[C@@H](OC(=O)c2cccn2C)C1. The van der Waals surface area contributed by atoms with E-state index in [0.29, 0.717) is 12.1 Å². The van der Waals surface area contributed by atoms with Gasteiger partial charge in [-0.3, -0.25) is 4.79 Å². The van der Waals surface area contributed by atoms with Crippen LogP contribution in [0.3, 0.4) is 0 Å². The topological polar surface area (TPSA) is 57.5 Å². The number of aromatic nitrogens is 1. The highest BCUT2D eigenvalue weighted by Gasteiger charge is 2.30. The molecule has 0 radical (unpaired) electrons. The highest BCUT2D eigenvalue weighted by Crippen LogP contribution is 2.27. The first-order valence-corrected chi connectivity index (χ1v) is 6.52. The third-order valence-electron chi connectivity index (χ3n) is 3.59. The number of carbonyl (C=O) groups excluding carboxylic acids is 2. The van der Waals surface area contributed by atoms with Crippen molar-refractivity contribution in [3.05, 3.63) is 24.0 Å². The van der Waals surface area contributed by atoms with Gasteiger partial charge in [-0.15, -0.1) is 0 Å². The summed E-state index contributed by atoms with van der Waals surface area (Å²) in [7, 11) is 3.19. The molecular weight excluding hydrogens is 246 g/mol. The van der Waals surface area contributed by atoms with Gasteiger partial charge in [0.2, 0.25) is 0 Å². The Morgan fingerprint density at radius 2 is 2.16 bits per heavy atom. The van der Waals surface area contributed by atoms with E-state index in [1.165, 1.54) is 7.11 Å². The number of methoxy groups -OCH3 is 1. The number of esters is 2. The molecule has 104 valence electrons. The molecule has 0 aromatic carbocycles. The second kappa shape index (κ2) is 5.91.